The number of nitro groups is 1. The number of benzene rings is 1. The van der Waals surface area contributed by atoms with Gasteiger partial charge >= 0.3 is 5.51 Å². The Bertz CT molecular complexity index is 937. The lowest BCUT2D eigenvalue weighted by Crippen LogP contribution is -2.23. The third-order valence-electron chi connectivity index (χ3n) is 3.81. The average molecular weight is 418 g/mol. The molecule has 0 saturated heterocycles. The van der Waals surface area contributed by atoms with Crippen LogP contribution in [-0.2, 0) is 9.84 Å². The van der Waals surface area contributed by atoms with Crippen LogP contribution in [0.2, 0.25) is 0 Å². The van der Waals surface area contributed by atoms with E-state index in [0.29, 0.717) is 25.1 Å². The zero-order chi connectivity index (χ0) is 20.9. The monoisotopic (exact) mass is 418 g/mol. The first-order valence-corrected chi connectivity index (χ1v) is 9.48. The molecule has 152 valence electrons. The first kappa shape index (κ1) is 21.4. The van der Waals surface area contributed by atoms with Crippen molar-refractivity contribution in [2.24, 2.45) is 0 Å². The van der Waals surface area contributed by atoms with Crippen LogP contribution < -0.4 is 10.2 Å². The van der Waals surface area contributed by atoms with E-state index in [2.05, 4.69) is 10.3 Å². The van der Waals surface area contributed by atoms with Gasteiger partial charge in [-0.3, -0.25) is 10.1 Å². The number of rotatable bonds is 8. The summed E-state index contributed by atoms with van der Waals surface area (Å²) in [4.78, 5) is 15.1. The molecule has 2 aromatic rings. The maximum absolute atomic E-state index is 12.6. The Kier molecular flexibility index (Phi) is 6.44. The molecule has 0 atom stereocenters. The number of hydrogen-bond donors (Lipinski definition) is 1. The van der Waals surface area contributed by atoms with Gasteiger partial charge in [-0.25, -0.2) is 13.4 Å². The summed E-state index contributed by atoms with van der Waals surface area (Å²) in [6.07, 6.45) is 2.19. The second-order valence-corrected chi connectivity index (χ2v) is 7.72. The predicted molar refractivity (Wildman–Crippen MR) is 97.0 cm³/mol. The van der Waals surface area contributed by atoms with Crippen molar-refractivity contribution in [1.82, 2.24) is 4.98 Å². The molecule has 0 spiro atoms. The largest absolute Gasteiger partial charge is 0.501 e. The van der Waals surface area contributed by atoms with E-state index in [4.69, 9.17) is 0 Å². The molecule has 0 unspecified atom stereocenters. The van der Waals surface area contributed by atoms with Gasteiger partial charge in [-0.1, -0.05) is 6.07 Å². The van der Waals surface area contributed by atoms with Gasteiger partial charge in [0, 0.05) is 32.4 Å². The van der Waals surface area contributed by atoms with Gasteiger partial charge in [-0.2, -0.15) is 13.2 Å². The normalized spacial score (nSPS) is 11.9. The molecule has 1 heterocycles. The Balaban J connectivity index is 2.07. The molecule has 1 aromatic carbocycles. The van der Waals surface area contributed by atoms with E-state index in [1.54, 1.807) is 12.3 Å². The third kappa shape index (κ3) is 4.88. The highest BCUT2D eigenvalue weighted by molar-refractivity contribution is 7.92. The van der Waals surface area contributed by atoms with Crippen LogP contribution in [0.15, 0.2) is 47.5 Å². The Morgan fingerprint density at radius 2 is 1.96 bits per heavy atom. The van der Waals surface area contributed by atoms with Gasteiger partial charge in [0.1, 0.15) is 11.5 Å². The second-order valence-electron chi connectivity index (χ2n) is 5.78. The smallest absolute Gasteiger partial charge is 0.379 e. The van der Waals surface area contributed by atoms with Gasteiger partial charge in [0.25, 0.3) is 15.5 Å². The van der Waals surface area contributed by atoms with Crippen LogP contribution in [0.4, 0.5) is 30.4 Å². The van der Waals surface area contributed by atoms with E-state index in [9.17, 15) is 31.7 Å². The zero-order valence-electron chi connectivity index (χ0n) is 14.7. The third-order valence-corrected chi connectivity index (χ3v) is 5.29. The zero-order valence-corrected chi connectivity index (χ0v) is 15.5. The quantitative estimate of drug-likeness (QED) is 0.399. The summed E-state index contributed by atoms with van der Waals surface area (Å²) in [5.74, 6) is 0.746. The first-order valence-electron chi connectivity index (χ1n) is 8.00. The fraction of sp³-hybridized carbons (Fsp3) is 0.312. The van der Waals surface area contributed by atoms with Crippen LogP contribution in [0.3, 0.4) is 0 Å². The number of aromatic nitrogens is 1. The van der Waals surface area contributed by atoms with Crippen molar-refractivity contribution in [2.75, 3.05) is 30.4 Å². The molecule has 12 heteroatoms. The van der Waals surface area contributed by atoms with Crippen LogP contribution in [0, 0.1) is 10.1 Å². The van der Waals surface area contributed by atoms with Crippen molar-refractivity contribution >= 4 is 27.0 Å². The minimum atomic E-state index is -5.66. The number of hydrogen-bond acceptors (Lipinski definition) is 7. The summed E-state index contributed by atoms with van der Waals surface area (Å²) in [6, 6.07) is 7.48. The minimum absolute atomic E-state index is 0.0633. The highest BCUT2D eigenvalue weighted by Crippen LogP contribution is 2.34. The number of alkyl halides is 3. The summed E-state index contributed by atoms with van der Waals surface area (Å²) in [5, 5.41) is 13.9. The lowest BCUT2D eigenvalue weighted by atomic mass is 10.2. The van der Waals surface area contributed by atoms with Gasteiger partial charge < -0.3 is 10.2 Å². The molecule has 0 saturated carbocycles. The molecule has 28 heavy (non-hydrogen) atoms. The van der Waals surface area contributed by atoms with Crippen LogP contribution in [0.5, 0.6) is 0 Å². The fourth-order valence-electron chi connectivity index (χ4n) is 2.35. The molecule has 8 nitrogen and oxygen atoms in total. The van der Waals surface area contributed by atoms with E-state index in [1.807, 2.05) is 24.1 Å². The van der Waals surface area contributed by atoms with Crippen molar-refractivity contribution < 1.29 is 26.5 Å². The Morgan fingerprint density at radius 3 is 2.54 bits per heavy atom. The van der Waals surface area contributed by atoms with Crippen LogP contribution in [-0.4, -0.2) is 44.0 Å². The minimum Gasteiger partial charge on any atom is -0.379 e. The molecule has 0 fully saturated rings. The molecule has 2 rings (SSSR count). The highest BCUT2D eigenvalue weighted by atomic mass is 32.2. The van der Waals surface area contributed by atoms with E-state index in [0.717, 1.165) is 11.9 Å². The number of halogens is 3. The van der Waals surface area contributed by atoms with Gasteiger partial charge in [-0.05, 0) is 30.7 Å². The van der Waals surface area contributed by atoms with E-state index >= 15 is 0 Å². The molecule has 0 aliphatic heterocycles. The van der Waals surface area contributed by atoms with E-state index < -0.39 is 30.9 Å². The van der Waals surface area contributed by atoms with Crippen LogP contribution in [0.1, 0.15) is 6.42 Å². The van der Waals surface area contributed by atoms with E-state index in [1.165, 1.54) is 0 Å². The molecule has 0 radical (unpaired) electrons. The number of nitro benzene ring substituents is 1. The van der Waals surface area contributed by atoms with Crippen molar-refractivity contribution in [3.8, 4) is 0 Å². The molecule has 1 aromatic heterocycles. The molecular formula is C16H17F3N4O4S. The highest BCUT2D eigenvalue weighted by Gasteiger charge is 2.47. The van der Waals surface area contributed by atoms with Gasteiger partial charge in [0.2, 0.25) is 0 Å². The lowest BCUT2D eigenvalue weighted by molar-refractivity contribution is -0.384. The summed E-state index contributed by atoms with van der Waals surface area (Å²) in [5.41, 5.74) is -6.35. The molecular weight excluding hydrogens is 401 g/mol. The average Bonchev–Trinajstić information content (AvgIpc) is 2.64. The number of sulfone groups is 1. The topological polar surface area (TPSA) is 105 Å². The van der Waals surface area contributed by atoms with Crippen molar-refractivity contribution in [1.29, 1.82) is 0 Å². The standard InChI is InChI=1S/C16H17F3N4O4S/c1-22(15-5-2-3-8-21-15)10-4-9-20-13-7-6-12(11-14(13)23(24)25)28(26,27)16(17,18)19/h2-3,5-8,11,20H,4,9-10H2,1H3. The Hall–Kier alpha value is -2.89. The van der Waals surface area contributed by atoms with Crippen molar-refractivity contribution in [3.63, 3.8) is 0 Å². The summed E-state index contributed by atoms with van der Waals surface area (Å²) < 4.78 is 60.8. The number of anilines is 2. The first-order chi connectivity index (χ1) is 13.0. The maximum atomic E-state index is 12.6. The number of nitrogens with zero attached hydrogens (tertiary/aromatic N) is 3. The van der Waals surface area contributed by atoms with Gasteiger partial charge in [0.15, 0.2) is 0 Å². The number of nitrogens with one attached hydrogen (secondary N) is 1. The van der Waals surface area contributed by atoms with Crippen molar-refractivity contribution in [3.05, 3.63) is 52.7 Å². The van der Waals surface area contributed by atoms with Crippen LogP contribution >= 0.6 is 0 Å². The van der Waals surface area contributed by atoms with Gasteiger partial charge in [0.05, 0.1) is 9.82 Å². The molecule has 0 amide bonds. The van der Waals surface area contributed by atoms with E-state index in [-0.39, 0.29) is 12.2 Å². The molecule has 0 aliphatic carbocycles. The number of pyridine rings is 1. The SMILES string of the molecule is CN(CCCNc1ccc(S(=O)(=O)C(F)(F)F)cc1[N+](=O)[O-])c1ccccn1. The Morgan fingerprint density at radius 1 is 1.25 bits per heavy atom. The maximum Gasteiger partial charge on any atom is 0.501 e. The summed E-state index contributed by atoms with van der Waals surface area (Å²) in [7, 11) is -3.84. The molecule has 0 aliphatic rings. The van der Waals surface area contributed by atoms with Gasteiger partial charge in [-0.15, -0.1) is 0 Å². The summed E-state index contributed by atoms with van der Waals surface area (Å²) >= 11 is 0. The molecule has 0 bridgehead atoms. The summed E-state index contributed by atoms with van der Waals surface area (Å²) in [6.45, 7) is 0.849. The fourth-order valence-corrected chi connectivity index (χ4v) is 3.13. The van der Waals surface area contributed by atoms with Crippen molar-refractivity contribution in [2.45, 2.75) is 16.8 Å². The second kappa shape index (κ2) is 8.42. The van der Waals surface area contributed by atoms with Crippen LogP contribution in [0.25, 0.3) is 0 Å². The predicted octanol–water partition coefficient (Wildman–Crippen LogP) is 3.22. The Labute approximate surface area is 159 Å². The molecule has 1 N–H and O–H groups in total. The lowest BCUT2D eigenvalue weighted by Gasteiger charge is -2.18.